The summed E-state index contributed by atoms with van der Waals surface area (Å²) in [4.78, 5) is 19.3. The molecule has 16 heavy (non-hydrogen) atoms. The van der Waals surface area contributed by atoms with Gasteiger partial charge in [-0.05, 0) is 19.1 Å². The van der Waals surface area contributed by atoms with Crippen LogP contribution in [0.1, 0.15) is 17.4 Å². The Morgan fingerprint density at radius 3 is 3.12 bits per heavy atom. The smallest absolute Gasteiger partial charge is 0.360 e. The molecule has 82 valence electrons. The van der Waals surface area contributed by atoms with Gasteiger partial charge in [-0.1, -0.05) is 0 Å². The Morgan fingerprint density at radius 2 is 2.44 bits per heavy atom. The molecule has 0 aromatic carbocycles. The molecule has 0 unspecified atom stereocenters. The molecule has 0 radical (unpaired) electrons. The third-order valence-corrected chi connectivity index (χ3v) is 1.96. The summed E-state index contributed by atoms with van der Waals surface area (Å²) >= 11 is 0. The van der Waals surface area contributed by atoms with Crippen LogP contribution in [0.25, 0.3) is 11.3 Å². The van der Waals surface area contributed by atoms with Crippen LogP contribution in [0.3, 0.4) is 0 Å². The van der Waals surface area contributed by atoms with Crippen molar-refractivity contribution in [3.63, 3.8) is 0 Å². The van der Waals surface area contributed by atoms with Gasteiger partial charge in [0.2, 0.25) is 0 Å². The van der Waals surface area contributed by atoms with Gasteiger partial charge in [0.25, 0.3) is 0 Å². The minimum absolute atomic E-state index is 0.176. The first-order chi connectivity index (χ1) is 7.83. The van der Waals surface area contributed by atoms with Crippen molar-refractivity contribution in [3.05, 3.63) is 36.6 Å². The van der Waals surface area contributed by atoms with Gasteiger partial charge in [0.05, 0.1) is 6.61 Å². The zero-order valence-electron chi connectivity index (χ0n) is 8.71. The standard InChI is InChI=1S/C11H10N2O3/c1-2-15-11(14)9-10(16-7-13-9)8-4-3-5-12-6-8/h3-7H,2H2,1H3. The molecule has 0 saturated heterocycles. The molecule has 0 aliphatic rings. The number of rotatable bonds is 3. The Kier molecular flexibility index (Phi) is 2.95. The van der Waals surface area contributed by atoms with E-state index in [4.69, 9.17) is 9.15 Å². The summed E-state index contributed by atoms with van der Waals surface area (Å²) < 4.78 is 10.0. The van der Waals surface area contributed by atoms with Crippen molar-refractivity contribution < 1.29 is 13.9 Å². The van der Waals surface area contributed by atoms with Gasteiger partial charge in [-0.25, -0.2) is 9.78 Å². The highest BCUT2D eigenvalue weighted by Gasteiger charge is 2.19. The number of ether oxygens (including phenoxy) is 1. The lowest BCUT2D eigenvalue weighted by Crippen LogP contribution is -2.06. The zero-order valence-corrected chi connectivity index (χ0v) is 8.71. The fraction of sp³-hybridized carbons (Fsp3) is 0.182. The summed E-state index contributed by atoms with van der Waals surface area (Å²) in [5, 5.41) is 0. The Hall–Kier alpha value is -2.17. The molecule has 0 saturated carbocycles. The minimum atomic E-state index is -0.491. The lowest BCUT2D eigenvalue weighted by molar-refractivity contribution is 0.0520. The van der Waals surface area contributed by atoms with E-state index in [0.29, 0.717) is 17.9 Å². The number of pyridine rings is 1. The lowest BCUT2D eigenvalue weighted by Gasteiger charge is -2.00. The monoisotopic (exact) mass is 218 g/mol. The van der Waals surface area contributed by atoms with Crippen molar-refractivity contribution in [2.24, 2.45) is 0 Å². The van der Waals surface area contributed by atoms with E-state index in [1.54, 1.807) is 31.5 Å². The summed E-state index contributed by atoms with van der Waals surface area (Å²) in [6.45, 7) is 2.04. The number of oxazole rings is 1. The van der Waals surface area contributed by atoms with E-state index >= 15 is 0 Å². The van der Waals surface area contributed by atoms with Crippen LogP contribution in [0, 0.1) is 0 Å². The van der Waals surface area contributed by atoms with E-state index in [-0.39, 0.29) is 5.69 Å². The molecule has 0 spiro atoms. The summed E-state index contributed by atoms with van der Waals surface area (Å²) in [5.41, 5.74) is 0.873. The van der Waals surface area contributed by atoms with Crippen LogP contribution < -0.4 is 0 Å². The van der Waals surface area contributed by atoms with E-state index in [2.05, 4.69) is 9.97 Å². The Bertz CT molecular complexity index is 479. The predicted molar refractivity (Wildman–Crippen MR) is 55.7 cm³/mol. The molecule has 0 atom stereocenters. The Balaban J connectivity index is 2.37. The topological polar surface area (TPSA) is 65.2 Å². The molecule has 2 aromatic rings. The van der Waals surface area contributed by atoms with Gasteiger partial charge in [-0.3, -0.25) is 4.98 Å². The van der Waals surface area contributed by atoms with Crippen LogP contribution in [-0.4, -0.2) is 22.5 Å². The second-order valence-electron chi connectivity index (χ2n) is 2.99. The number of carbonyl (C=O) groups excluding carboxylic acids is 1. The summed E-state index contributed by atoms with van der Waals surface area (Å²) in [6.07, 6.45) is 4.46. The second-order valence-corrected chi connectivity index (χ2v) is 2.99. The predicted octanol–water partition coefficient (Wildman–Crippen LogP) is 1.91. The van der Waals surface area contributed by atoms with Gasteiger partial charge in [-0.2, -0.15) is 0 Å². The minimum Gasteiger partial charge on any atom is -0.461 e. The van der Waals surface area contributed by atoms with E-state index in [1.165, 1.54) is 6.39 Å². The molecule has 2 rings (SSSR count). The quantitative estimate of drug-likeness (QED) is 0.736. The molecule has 0 amide bonds. The fourth-order valence-corrected chi connectivity index (χ4v) is 1.29. The number of aromatic nitrogens is 2. The van der Waals surface area contributed by atoms with Gasteiger partial charge in [0.1, 0.15) is 0 Å². The third kappa shape index (κ3) is 1.93. The highest BCUT2D eigenvalue weighted by atomic mass is 16.5. The maximum Gasteiger partial charge on any atom is 0.360 e. The van der Waals surface area contributed by atoms with Gasteiger partial charge in [-0.15, -0.1) is 0 Å². The number of hydrogen-bond acceptors (Lipinski definition) is 5. The second kappa shape index (κ2) is 4.57. The fourth-order valence-electron chi connectivity index (χ4n) is 1.29. The first-order valence-electron chi connectivity index (χ1n) is 4.84. The molecule has 5 nitrogen and oxygen atoms in total. The molecule has 2 heterocycles. The van der Waals surface area contributed by atoms with Crippen molar-refractivity contribution in [3.8, 4) is 11.3 Å². The Morgan fingerprint density at radius 1 is 1.56 bits per heavy atom. The normalized spacial score (nSPS) is 10.1. The van der Waals surface area contributed by atoms with E-state index in [1.807, 2.05) is 0 Å². The summed E-state index contributed by atoms with van der Waals surface area (Å²) in [7, 11) is 0. The molecule has 5 heteroatoms. The van der Waals surface area contributed by atoms with Crippen LogP contribution in [0.5, 0.6) is 0 Å². The lowest BCUT2D eigenvalue weighted by atomic mass is 10.2. The highest BCUT2D eigenvalue weighted by Crippen LogP contribution is 2.22. The molecular weight excluding hydrogens is 208 g/mol. The maximum absolute atomic E-state index is 11.5. The molecule has 0 N–H and O–H groups in total. The molecule has 0 aliphatic carbocycles. The van der Waals surface area contributed by atoms with Crippen molar-refractivity contribution in [1.29, 1.82) is 0 Å². The van der Waals surface area contributed by atoms with Crippen LogP contribution in [0.4, 0.5) is 0 Å². The summed E-state index contributed by atoms with van der Waals surface area (Å²) in [5.74, 6) is -0.110. The van der Waals surface area contributed by atoms with Crippen molar-refractivity contribution >= 4 is 5.97 Å². The number of hydrogen-bond donors (Lipinski definition) is 0. The molecule has 0 aliphatic heterocycles. The molecule has 0 bridgehead atoms. The van der Waals surface area contributed by atoms with E-state index in [9.17, 15) is 4.79 Å². The van der Waals surface area contributed by atoms with E-state index in [0.717, 1.165) is 0 Å². The van der Waals surface area contributed by atoms with Crippen LogP contribution in [0.2, 0.25) is 0 Å². The number of nitrogens with zero attached hydrogens (tertiary/aromatic N) is 2. The first-order valence-corrected chi connectivity index (χ1v) is 4.84. The van der Waals surface area contributed by atoms with Crippen LogP contribution in [0.15, 0.2) is 35.3 Å². The van der Waals surface area contributed by atoms with Gasteiger partial charge in [0, 0.05) is 18.0 Å². The SMILES string of the molecule is CCOC(=O)c1ncoc1-c1cccnc1. The Labute approximate surface area is 92.1 Å². The van der Waals surface area contributed by atoms with Crippen LogP contribution >= 0.6 is 0 Å². The van der Waals surface area contributed by atoms with Gasteiger partial charge in [0.15, 0.2) is 17.8 Å². The first kappa shape index (κ1) is 10.4. The van der Waals surface area contributed by atoms with Crippen molar-refractivity contribution in [1.82, 2.24) is 9.97 Å². The van der Waals surface area contributed by atoms with Crippen molar-refractivity contribution in [2.75, 3.05) is 6.61 Å². The third-order valence-electron chi connectivity index (χ3n) is 1.96. The average Bonchev–Trinajstić information content (AvgIpc) is 2.79. The van der Waals surface area contributed by atoms with Crippen LogP contribution in [-0.2, 0) is 4.74 Å². The number of carbonyl (C=O) groups is 1. The van der Waals surface area contributed by atoms with Crippen molar-refractivity contribution in [2.45, 2.75) is 6.92 Å². The number of esters is 1. The summed E-state index contributed by atoms with van der Waals surface area (Å²) in [6, 6.07) is 3.54. The zero-order chi connectivity index (χ0) is 11.4. The average molecular weight is 218 g/mol. The highest BCUT2D eigenvalue weighted by molar-refractivity contribution is 5.93. The molecule has 0 fully saturated rings. The maximum atomic E-state index is 11.5. The largest absolute Gasteiger partial charge is 0.461 e. The van der Waals surface area contributed by atoms with E-state index < -0.39 is 5.97 Å². The van der Waals surface area contributed by atoms with Gasteiger partial charge >= 0.3 is 5.97 Å². The van der Waals surface area contributed by atoms with Gasteiger partial charge < -0.3 is 9.15 Å². The molecule has 2 aromatic heterocycles. The molecular formula is C11H10N2O3.